The number of nitrogens with one attached hydrogen (secondary N) is 1. The Balaban J connectivity index is 2.77. The Morgan fingerprint density at radius 1 is 1.26 bits per heavy atom. The van der Waals surface area contributed by atoms with Gasteiger partial charge in [0.15, 0.2) is 0 Å². The van der Waals surface area contributed by atoms with Crippen LogP contribution in [0.2, 0.25) is 0 Å². The van der Waals surface area contributed by atoms with Crippen molar-refractivity contribution in [1.82, 2.24) is 13.9 Å². The Morgan fingerprint density at radius 3 is 2.42 bits per heavy atom. The summed E-state index contributed by atoms with van der Waals surface area (Å²) in [6.07, 6.45) is 2.61. The molecule has 114 valence electrons. The molecule has 0 atom stereocenters. The van der Waals surface area contributed by atoms with Gasteiger partial charge in [-0.1, -0.05) is 6.92 Å². The van der Waals surface area contributed by atoms with Crippen LogP contribution in [0.15, 0.2) is 0 Å². The monoisotopic (exact) mass is 293 g/mol. The fourth-order valence-corrected chi connectivity index (χ4v) is 3.98. The van der Waals surface area contributed by atoms with Gasteiger partial charge in [0.25, 0.3) is 10.2 Å². The van der Waals surface area contributed by atoms with E-state index in [-0.39, 0.29) is 6.04 Å². The quantitative estimate of drug-likeness (QED) is 0.698. The van der Waals surface area contributed by atoms with Crippen LogP contribution in [0.1, 0.15) is 26.2 Å². The van der Waals surface area contributed by atoms with Crippen LogP contribution >= 0.6 is 0 Å². The molecule has 1 aliphatic heterocycles. The van der Waals surface area contributed by atoms with Gasteiger partial charge in [-0.25, -0.2) is 0 Å². The van der Waals surface area contributed by atoms with E-state index in [4.69, 9.17) is 4.74 Å². The summed E-state index contributed by atoms with van der Waals surface area (Å²) in [6.45, 7) is 5.19. The van der Waals surface area contributed by atoms with E-state index in [1.54, 1.807) is 18.5 Å². The highest BCUT2D eigenvalue weighted by molar-refractivity contribution is 7.86. The molecule has 0 aliphatic carbocycles. The van der Waals surface area contributed by atoms with Crippen LogP contribution in [0.4, 0.5) is 0 Å². The third-order valence-corrected chi connectivity index (χ3v) is 5.50. The fourth-order valence-electron chi connectivity index (χ4n) is 2.32. The van der Waals surface area contributed by atoms with E-state index in [2.05, 4.69) is 5.32 Å². The fraction of sp³-hybridized carbons (Fsp3) is 1.00. The molecule has 7 heteroatoms. The maximum absolute atomic E-state index is 12.6. The third-order valence-electron chi connectivity index (χ3n) is 3.46. The van der Waals surface area contributed by atoms with Crippen molar-refractivity contribution in [1.29, 1.82) is 0 Å². The highest BCUT2D eigenvalue weighted by Gasteiger charge is 2.32. The lowest BCUT2D eigenvalue weighted by atomic mass is 10.1. The number of methoxy groups -OCH3 is 1. The van der Waals surface area contributed by atoms with E-state index >= 15 is 0 Å². The van der Waals surface area contributed by atoms with Gasteiger partial charge >= 0.3 is 0 Å². The Kier molecular flexibility index (Phi) is 7.23. The number of hydrogen-bond acceptors (Lipinski definition) is 4. The zero-order valence-corrected chi connectivity index (χ0v) is 13.1. The lowest BCUT2D eigenvalue weighted by Gasteiger charge is -2.35. The maximum atomic E-state index is 12.6. The minimum atomic E-state index is -3.38. The first-order chi connectivity index (χ1) is 9.04. The van der Waals surface area contributed by atoms with Crippen molar-refractivity contribution in [3.05, 3.63) is 0 Å². The van der Waals surface area contributed by atoms with Crippen molar-refractivity contribution >= 4 is 10.2 Å². The average molecular weight is 293 g/mol. The molecule has 1 N–H and O–H groups in total. The Hall–Kier alpha value is -0.210. The van der Waals surface area contributed by atoms with E-state index in [9.17, 15) is 8.42 Å². The Labute approximate surface area is 117 Å². The summed E-state index contributed by atoms with van der Waals surface area (Å²) >= 11 is 0. The van der Waals surface area contributed by atoms with Crippen LogP contribution in [0.25, 0.3) is 0 Å². The van der Waals surface area contributed by atoms with Gasteiger partial charge in [0.1, 0.15) is 0 Å². The molecule has 0 aromatic heterocycles. The molecule has 1 fully saturated rings. The molecule has 1 rings (SSSR count). The zero-order chi connectivity index (χ0) is 14.3. The van der Waals surface area contributed by atoms with Crippen molar-refractivity contribution in [2.24, 2.45) is 0 Å². The van der Waals surface area contributed by atoms with Crippen LogP contribution in [0.3, 0.4) is 0 Å². The van der Waals surface area contributed by atoms with E-state index in [0.29, 0.717) is 19.7 Å². The minimum absolute atomic E-state index is 0.121. The lowest BCUT2D eigenvalue weighted by molar-refractivity contribution is 0.178. The van der Waals surface area contributed by atoms with E-state index in [0.717, 1.165) is 32.4 Å². The second-order valence-electron chi connectivity index (χ2n) is 4.91. The zero-order valence-electron chi connectivity index (χ0n) is 12.3. The number of likely N-dealkylation sites (N-methyl/N-ethyl adjacent to an activating group) is 1. The molecule has 1 heterocycles. The summed E-state index contributed by atoms with van der Waals surface area (Å²) in [5, 5.41) is 3.27. The van der Waals surface area contributed by atoms with Crippen LogP contribution in [0, 0.1) is 0 Å². The van der Waals surface area contributed by atoms with Gasteiger partial charge in [-0.15, -0.1) is 0 Å². The van der Waals surface area contributed by atoms with Gasteiger partial charge in [0.2, 0.25) is 0 Å². The van der Waals surface area contributed by atoms with Crippen LogP contribution in [-0.4, -0.2) is 70.0 Å². The van der Waals surface area contributed by atoms with Gasteiger partial charge in [0, 0.05) is 33.3 Å². The normalized spacial score (nSPS) is 18.4. The number of hydrogen-bond donors (Lipinski definition) is 1. The first kappa shape index (κ1) is 16.8. The molecular weight excluding hydrogens is 266 g/mol. The van der Waals surface area contributed by atoms with Crippen LogP contribution in [0.5, 0.6) is 0 Å². The first-order valence-electron chi connectivity index (χ1n) is 6.96. The van der Waals surface area contributed by atoms with Gasteiger partial charge in [-0.05, 0) is 32.4 Å². The highest BCUT2D eigenvalue weighted by Crippen LogP contribution is 2.18. The molecule has 0 radical (unpaired) electrons. The summed E-state index contributed by atoms with van der Waals surface area (Å²) in [7, 11) is -0.173. The topological polar surface area (TPSA) is 61.9 Å². The number of nitrogens with zero attached hydrogens (tertiary/aromatic N) is 2. The van der Waals surface area contributed by atoms with E-state index < -0.39 is 10.2 Å². The molecule has 0 aromatic rings. The predicted molar refractivity (Wildman–Crippen MR) is 76.3 cm³/mol. The summed E-state index contributed by atoms with van der Waals surface area (Å²) in [5.41, 5.74) is 0. The molecule has 0 aromatic carbocycles. The molecule has 0 amide bonds. The molecule has 0 spiro atoms. The van der Waals surface area contributed by atoms with Gasteiger partial charge in [0.05, 0.1) is 6.61 Å². The van der Waals surface area contributed by atoms with Crippen molar-refractivity contribution < 1.29 is 13.2 Å². The van der Waals surface area contributed by atoms with Crippen molar-refractivity contribution in [2.45, 2.75) is 32.2 Å². The standard InChI is InChI=1S/C12H27N3O3S/c1-4-9-15(12-5-7-13-8-6-12)19(16,17)14(2)10-11-18-3/h12-13H,4-11H2,1-3H3. The molecule has 0 saturated carbocycles. The summed E-state index contributed by atoms with van der Waals surface area (Å²) in [6, 6.07) is 0.121. The summed E-state index contributed by atoms with van der Waals surface area (Å²) in [5.74, 6) is 0. The Morgan fingerprint density at radius 2 is 1.89 bits per heavy atom. The number of rotatable bonds is 8. The molecule has 1 aliphatic rings. The SMILES string of the molecule is CCCN(C1CCNCC1)S(=O)(=O)N(C)CCOC. The van der Waals surface area contributed by atoms with Crippen LogP contribution < -0.4 is 5.32 Å². The lowest BCUT2D eigenvalue weighted by Crippen LogP contribution is -2.51. The predicted octanol–water partition coefficient (Wildman–Crippen LogP) is 0.273. The summed E-state index contributed by atoms with van der Waals surface area (Å²) in [4.78, 5) is 0. The first-order valence-corrected chi connectivity index (χ1v) is 8.36. The number of piperidine rings is 1. The van der Waals surface area contributed by atoms with Gasteiger partial charge < -0.3 is 10.1 Å². The minimum Gasteiger partial charge on any atom is -0.383 e. The molecule has 6 nitrogen and oxygen atoms in total. The average Bonchev–Trinajstić information content (AvgIpc) is 2.42. The van der Waals surface area contributed by atoms with Crippen molar-refractivity contribution in [3.63, 3.8) is 0 Å². The third kappa shape index (κ3) is 4.68. The van der Waals surface area contributed by atoms with Crippen LogP contribution in [-0.2, 0) is 14.9 Å². The molecule has 1 saturated heterocycles. The van der Waals surface area contributed by atoms with Crippen molar-refractivity contribution in [3.8, 4) is 0 Å². The Bertz CT molecular complexity index is 342. The van der Waals surface area contributed by atoms with E-state index in [1.807, 2.05) is 6.92 Å². The van der Waals surface area contributed by atoms with E-state index in [1.165, 1.54) is 4.31 Å². The molecule has 19 heavy (non-hydrogen) atoms. The molecular formula is C12H27N3O3S. The maximum Gasteiger partial charge on any atom is 0.282 e. The second-order valence-corrected chi connectivity index (χ2v) is 6.90. The second kappa shape index (κ2) is 8.16. The smallest absolute Gasteiger partial charge is 0.282 e. The van der Waals surface area contributed by atoms with Crippen molar-refractivity contribution in [2.75, 3.05) is 46.9 Å². The highest BCUT2D eigenvalue weighted by atomic mass is 32.2. The molecule has 0 unspecified atom stereocenters. The van der Waals surface area contributed by atoms with Gasteiger partial charge in [-0.2, -0.15) is 17.0 Å². The molecule has 0 bridgehead atoms. The summed E-state index contributed by atoms with van der Waals surface area (Å²) < 4.78 is 33.2. The number of ether oxygens (including phenoxy) is 1. The largest absolute Gasteiger partial charge is 0.383 e. The van der Waals surface area contributed by atoms with Gasteiger partial charge in [-0.3, -0.25) is 0 Å².